The molecule has 1 aromatic heterocycles. The van der Waals surface area contributed by atoms with E-state index >= 15 is 0 Å². The monoisotopic (exact) mass is 308 g/mol. The van der Waals surface area contributed by atoms with Gasteiger partial charge in [0.05, 0.1) is 17.9 Å². The molecule has 1 atom stereocenters. The number of aromatic nitrogens is 1. The lowest BCUT2D eigenvalue weighted by Gasteiger charge is -2.21. The maximum Gasteiger partial charge on any atom is 0.229 e. The summed E-state index contributed by atoms with van der Waals surface area (Å²) in [5, 5.41) is 0. The highest BCUT2D eigenvalue weighted by Gasteiger charge is 2.23. The van der Waals surface area contributed by atoms with E-state index in [2.05, 4.69) is 9.88 Å². The largest absolute Gasteiger partial charge is 0.441 e. The summed E-state index contributed by atoms with van der Waals surface area (Å²) in [7, 11) is 2.01. The number of aryl methyl sites for hydroxylation is 1. The van der Waals surface area contributed by atoms with Crippen molar-refractivity contribution in [2.75, 3.05) is 20.3 Å². The van der Waals surface area contributed by atoms with Gasteiger partial charge in [0.15, 0.2) is 0 Å². The van der Waals surface area contributed by atoms with Crippen LogP contribution >= 0.6 is 0 Å². The van der Waals surface area contributed by atoms with Crippen LogP contribution in [0.25, 0.3) is 11.5 Å². The minimum Gasteiger partial charge on any atom is -0.441 e. The van der Waals surface area contributed by atoms with Crippen LogP contribution in [0.1, 0.15) is 17.9 Å². The van der Waals surface area contributed by atoms with Crippen molar-refractivity contribution in [2.24, 2.45) is 0 Å². The summed E-state index contributed by atoms with van der Waals surface area (Å²) in [6.45, 7) is 3.89. The number of likely N-dealkylation sites (N-methyl/N-ethyl adjacent to an activating group) is 1. The Balaban J connectivity index is 1.81. The molecule has 1 unspecified atom stereocenters. The van der Waals surface area contributed by atoms with Gasteiger partial charge in [0.1, 0.15) is 17.4 Å². The van der Waals surface area contributed by atoms with Crippen LogP contribution in [-0.2, 0) is 11.3 Å². The average Bonchev–Trinajstić information content (AvgIpc) is 3.09. The molecular formula is C16H18F2N2O2. The van der Waals surface area contributed by atoms with Crippen molar-refractivity contribution in [2.45, 2.75) is 25.9 Å². The number of nitrogens with zero attached hydrogens (tertiary/aromatic N) is 2. The van der Waals surface area contributed by atoms with Crippen LogP contribution in [0.15, 0.2) is 22.6 Å². The van der Waals surface area contributed by atoms with E-state index in [1.807, 2.05) is 7.05 Å². The second kappa shape index (κ2) is 6.14. The predicted octanol–water partition coefficient (Wildman–Crippen LogP) is 3.15. The van der Waals surface area contributed by atoms with Gasteiger partial charge in [0, 0.05) is 25.3 Å². The summed E-state index contributed by atoms with van der Waals surface area (Å²) in [5.74, 6) is -0.471. The normalized spacial score (nSPS) is 18.3. The molecule has 2 heterocycles. The molecule has 3 rings (SSSR count). The van der Waals surface area contributed by atoms with E-state index in [0.717, 1.165) is 24.8 Å². The van der Waals surface area contributed by atoms with Crippen LogP contribution in [0.2, 0.25) is 0 Å². The predicted molar refractivity (Wildman–Crippen MR) is 77.3 cm³/mol. The van der Waals surface area contributed by atoms with Gasteiger partial charge in [-0.1, -0.05) is 0 Å². The molecule has 0 aliphatic carbocycles. The fourth-order valence-electron chi connectivity index (χ4n) is 2.59. The van der Waals surface area contributed by atoms with Crippen LogP contribution in [0.5, 0.6) is 0 Å². The Morgan fingerprint density at radius 2 is 2.18 bits per heavy atom. The van der Waals surface area contributed by atoms with E-state index in [1.165, 1.54) is 12.1 Å². The third-order valence-corrected chi connectivity index (χ3v) is 3.98. The van der Waals surface area contributed by atoms with Crippen molar-refractivity contribution in [3.63, 3.8) is 0 Å². The SMILES string of the molecule is Cc1oc(-c2ccc(F)cc2F)nc1CN(C)C1CCOC1. The molecule has 1 saturated heterocycles. The summed E-state index contributed by atoms with van der Waals surface area (Å²) in [6, 6.07) is 3.73. The zero-order valence-corrected chi connectivity index (χ0v) is 12.6. The van der Waals surface area contributed by atoms with E-state index < -0.39 is 11.6 Å². The first-order chi connectivity index (χ1) is 10.5. The molecule has 0 saturated carbocycles. The highest BCUT2D eigenvalue weighted by atomic mass is 19.1. The Morgan fingerprint density at radius 1 is 1.36 bits per heavy atom. The minimum atomic E-state index is -0.676. The van der Waals surface area contributed by atoms with Crippen molar-refractivity contribution in [1.29, 1.82) is 0 Å². The standard InChI is InChI=1S/C16H18F2N2O2/c1-10-15(8-20(2)12-5-6-21-9-12)19-16(22-10)13-4-3-11(17)7-14(13)18/h3-4,7,12H,5-6,8-9H2,1-2H3. The zero-order chi connectivity index (χ0) is 15.7. The minimum absolute atomic E-state index is 0.169. The maximum atomic E-state index is 13.8. The Bertz CT molecular complexity index is 666. The number of rotatable bonds is 4. The number of ether oxygens (including phenoxy) is 1. The summed E-state index contributed by atoms with van der Waals surface area (Å²) >= 11 is 0. The van der Waals surface area contributed by atoms with Gasteiger partial charge in [-0.2, -0.15) is 0 Å². The summed E-state index contributed by atoms with van der Waals surface area (Å²) in [6.07, 6.45) is 0.993. The van der Waals surface area contributed by atoms with Gasteiger partial charge in [-0.25, -0.2) is 13.8 Å². The molecule has 0 radical (unpaired) electrons. The van der Waals surface area contributed by atoms with Crippen LogP contribution in [0.4, 0.5) is 8.78 Å². The maximum absolute atomic E-state index is 13.8. The van der Waals surface area contributed by atoms with E-state index in [0.29, 0.717) is 25.0 Å². The van der Waals surface area contributed by atoms with Gasteiger partial charge in [0.25, 0.3) is 0 Å². The van der Waals surface area contributed by atoms with Crippen LogP contribution in [-0.4, -0.2) is 36.2 Å². The molecule has 1 fully saturated rings. The molecule has 22 heavy (non-hydrogen) atoms. The highest BCUT2D eigenvalue weighted by Crippen LogP contribution is 2.26. The van der Waals surface area contributed by atoms with Gasteiger partial charge < -0.3 is 9.15 Å². The van der Waals surface area contributed by atoms with E-state index in [-0.39, 0.29) is 11.5 Å². The molecule has 0 spiro atoms. The van der Waals surface area contributed by atoms with Crippen LogP contribution < -0.4 is 0 Å². The van der Waals surface area contributed by atoms with Crippen molar-refractivity contribution in [3.8, 4) is 11.5 Å². The van der Waals surface area contributed by atoms with Crippen LogP contribution in [0, 0.1) is 18.6 Å². The lowest BCUT2D eigenvalue weighted by atomic mass is 10.2. The molecular weight excluding hydrogens is 290 g/mol. The molecule has 0 bridgehead atoms. The molecule has 2 aromatic rings. The second-order valence-corrected chi connectivity index (χ2v) is 5.58. The summed E-state index contributed by atoms with van der Waals surface area (Å²) < 4.78 is 37.7. The van der Waals surface area contributed by atoms with Crippen LogP contribution in [0.3, 0.4) is 0 Å². The smallest absolute Gasteiger partial charge is 0.229 e. The topological polar surface area (TPSA) is 38.5 Å². The fourth-order valence-corrected chi connectivity index (χ4v) is 2.59. The van der Waals surface area contributed by atoms with Gasteiger partial charge >= 0.3 is 0 Å². The lowest BCUT2D eigenvalue weighted by Crippen LogP contribution is -2.31. The molecule has 0 N–H and O–H groups in total. The van der Waals surface area contributed by atoms with Crippen molar-refractivity contribution in [3.05, 3.63) is 41.3 Å². The number of oxazole rings is 1. The zero-order valence-electron chi connectivity index (χ0n) is 12.6. The number of halogens is 2. The molecule has 1 aliphatic rings. The Hall–Kier alpha value is -1.79. The Morgan fingerprint density at radius 3 is 2.86 bits per heavy atom. The Labute approximate surface area is 127 Å². The van der Waals surface area contributed by atoms with Gasteiger partial charge in [-0.05, 0) is 32.5 Å². The van der Waals surface area contributed by atoms with Gasteiger partial charge in [-0.15, -0.1) is 0 Å². The molecule has 4 nitrogen and oxygen atoms in total. The number of hydrogen-bond donors (Lipinski definition) is 0. The van der Waals surface area contributed by atoms with Crippen molar-refractivity contribution >= 4 is 0 Å². The summed E-state index contributed by atoms with van der Waals surface area (Å²) in [5.41, 5.74) is 0.927. The first kappa shape index (κ1) is 15.1. The van der Waals surface area contributed by atoms with E-state index in [1.54, 1.807) is 6.92 Å². The van der Waals surface area contributed by atoms with E-state index in [4.69, 9.17) is 9.15 Å². The lowest BCUT2D eigenvalue weighted by molar-refractivity contribution is 0.155. The van der Waals surface area contributed by atoms with Crippen molar-refractivity contribution < 1.29 is 17.9 Å². The van der Waals surface area contributed by atoms with Crippen molar-refractivity contribution in [1.82, 2.24) is 9.88 Å². The molecule has 1 aromatic carbocycles. The summed E-state index contributed by atoms with van der Waals surface area (Å²) in [4.78, 5) is 6.53. The molecule has 0 amide bonds. The molecule has 118 valence electrons. The highest BCUT2D eigenvalue weighted by molar-refractivity contribution is 5.54. The second-order valence-electron chi connectivity index (χ2n) is 5.58. The fraction of sp³-hybridized carbons (Fsp3) is 0.438. The number of hydrogen-bond acceptors (Lipinski definition) is 4. The molecule has 1 aliphatic heterocycles. The number of benzene rings is 1. The van der Waals surface area contributed by atoms with Gasteiger partial charge in [0.2, 0.25) is 5.89 Å². The Kier molecular flexibility index (Phi) is 4.22. The average molecular weight is 308 g/mol. The first-order valence-corrected chi connectivity index (χ1v) is 7.24. The van der Waals surface area contributed by atoms with E-state index in [9.17, 15) is 8.78 Å². The quantitative estimate of drug-likeness (QED) is 0.870. The first-order valence-electron chi connectivity index (χ1n) is 7.24. The molecule has 6 heteroatoms. The van der Waals surface area contributed by atoms with Gasteiger partial charge in [-0.3, -0.25) is 4.90 Å². The third-order valence-electron chi connectivity index (χ3n) is 3.98. The third kappa shape index (κ3) is 3.03.